The van der Waals surface area contributed by atoms with Crippen molar-refractivity contribution in [2.75, 3.05) is 10.5 Å². The second-order valence-electron chi connectivity index (χ2n) is 7.67. The summed E-state index contributed by atoms with van der Waals surface area (Å²) >= 11 is 5.81. The van der Waals surface area contributed by atoms with E-state index in [-0.39, 0.29) is 52.5 Å². The second kappa shape index (κ2) is 10.9. The molecule has 1 N–H and O–H groups in total. The van der Waals surface area contributed by atoms with Gasteiger partial charge in [-0.3, -0.25) is 4.72 Å². The smallest absolute Gasteiger partial charge is 0.744 e. The van der Waals surface area contributed by atoms with Crippen molar-refractivity contribution < 1.29 is 50.9 Å². The van der Waals surface area contributed by atoms with Crippen LogP contribution < -0.4 is 34.3 Å². The van der Waals surface area contributed by atoms with E-state index < -0.39 is 20.1 Å². The van der Waals surface area contributed by atoms with Gasteiger partial charge in [-0.2, -0.15) is 0 Å². The standard InChI is InChI=1S/C22H24ClNO5S2.Na/c1-15(2)16-5-11-20-17(14-22(31(27,28)29)21(20)12-6-16)4-3-13-30(25,26)24-19-9-7-18(23)8-10-19;/h5-12,14-15,24H,3-4,13H2,1-2H3,(H,27,28,29);/q;+1/p-1. The molecule has 166 valence electrons. The van der Waals surface area contributed by atoms with Crippen LogP contribution in [0, 0.1) is 0 Å². The van der Waals surface area contributed by atoms with Gasteiger partial charge in [0.05, 0.1) is 10.6 Å². The molecule has 0 bridgehead atoms. The van der Waals surface area contributed by atoms with Crippen LogP contribution in [0.25, 0.3) is 11.1 Å². The second-order valence-corrected chi connectivity index (χ2v) is 11.3. The molecule has 0 saturated carbocycles. The first-order valence-electron chi connectivity index (χ1n) is 9.74. The van der Waals surface area contributed by atoms with Gasteiger partial charge in [0.2, 0.25) is 10.0 Å². The SMILES string of the molecule is CC(C)c1ccc2c(CCCS(=O)(=O)Nc3ccc(Cl)cc3)cc(S(=O)(=O)[O-])c-2cc1.[Na+]. The molecule has 1 aromatic rings. The first kappa shape index (κ1) is 27.1. The number of hydrogen-bond acceptors (Lipinski definition) is 5. The van der Waals surface area contributed by atoms with E-state index in [1.54, 1.807) is 36.4 Å². The predicted molar refractivity (Wildman–Crippen MR) is 122 cm³/mol. The summed E-state index contributed by atoms with van der Waals surface area (Å²) < 4.78 is 62.6. The van der Waals surface area contributed by atoms with Crippen LogP contribution in [0.3, 0.4) is 0 Å². The van der Waals surface area contributed by atoms with Crippen molar-refractivity contribution in [3.8, 4) is 11.1 Å². The van der Waals surface area contributed by atoms with Crippen molar-refractivity contribution in [2.24, 2.45) is 0 Å². The van der Waals surface area contributed by atoms with Gasteiger partial charge in [0.15, 0.2) is 0 Å². The predicted octanol–water partition coefficient (Wildman–Crippen LogP) is 1.85. The minimum atomic E-state index is -4.66. The fourth-order valence-electron chi connectivity index (χ4n) is 3.40. The van der Waals surface area contributed by atoms with E-state index in [0.717, 1.165) is 5.56 Å². The fourth-order valence-corrected chi connectivity index (χ4v) is 5.38. The Balaban J connectivity index is 0.00000363. The average Bonchev–Trinajstić information content (AvgIpc) is 2.87. The number of benzene rings is 1. The minimum absolute atomic E-state index is 0. The first-order chi connectivity index (χ1) is 14.5. The molecule has 2 aliphatic carbocycles. The van der Waals surface area contributed by atoms with Crippen molar-refractivity contribution in [2.45, 2.75) is 37.5 Å². The van der Waals surface area contributed by atoms with Crippen molar-refractivity contribution in [3.63, 3.8) is 0 Å². The Bertz CT molecular complexity index is 1260. The van der Waals surface area contributed by atoms with Crippen molar-refractivity contribution in [1.29, 1.82) is 0 Å². The quantitative estimate of drug-likeness (QED) is 0.373. The number of sulfonamides is 1. The number of nitrogens with one attached hydrogen (secondary N) is 1. The maximum Gasteiger partial charge on any atom is 1.00 e. The molecule has 0 aliphatic heterocycles. The number of halogens is 1. The molecule has 10 heteroatoms. The molecule has 0 heterocycles. The average molecular weight is 504 g/mol. The van der Waals surface area contributed by atoms with E-state index in [2.05, 4.69) is 4.72 Å². The fraction of sp³-hybridized carbons (Fsp3) is 0.273. The Morgan fingerprint density at radius 3 is 2.09 bits per heavy atom. The molecule has 2 aliphatic rings. The molecule has 32 heavy (non-hydrogen) atoms. The van der Waals surface area contributed by atoms with Crippen LogP contribution in [0.2, 0.25) is 5.02 Å². The molecule has 0 saturated heterocycles. The minimum Gasteiger partial charge on any atom is -0.744 e. The van der Waals surface area contributed by atoms with Crippen LogP contribution >= 0.6 is 11.6 Å². The zero-order valence-corrected chi connectivity index (χ0v) is 22.5. The van der Waals surface area contributed by atoms with E-state index in [9.17, 15) is 21.4 Å². The molecule has 0 amide bonds. The third kappa shape index (κ3) is 6.93. The van der Waals surface area contributed by atoms with E-state index >= 15 is 0 Å². The van der Waals surface area contributed by atoms with Crippen LogP contribution in [-0.2, 0) is 26.6 Å². The van der Waals surface area contributed by atoms with Gasteiger partial charge < -0.3 is 4.55 Å². The largest absolute Gasteiger partial charge is 1.00 e. The molecule has 6 nitrogen and oxygen atoms in total. The van der Waals surface area contributed by atoms with Gasteiger partial charge in [-0.25, -0.2) is 16.8 Å². The molecule has 0 fully saturated rings. The topological polar surface area (TPSA) is 103 Å². The molecule has 0 atom stereocenters. The number of anilines is 1. The molecule has 3 rings (SSSR count). The summed E-state index contributed by atoms with van der Waals surface area (Å²) in [4.78, 5) is -0.273. The molecular weight excluding hydrogens is 481 g/mol. The number of aryl methyl sites for hydroxylation is 1. The zero-order valence-electron chi connectivity index (χ0n) is 18.1. The Kier molecular flexibility index (Phi) is 9.21. The Morgan fingerprint density at radius 2 is 1.53 bits per heavy atom. The summed E-state index contributed by atoms with van der Waals surface area (Å²) in [6.45, 7) is 4.04. The summed E-state index contributed by atoms with van der Waals surface area (Å²) in [7, 11) is -8.26. The van der Waals surface area contributed by atoms with Crippen LogP contribution in [-0.4, -0.2) is 27.1 Å². The van der Waals surface area contributed by atoms with Gasteiger partial charge in [-0.05, 0) is 71.3 Å². The Morgan fingerprint density at radius 1 is 0.938 bits per heavy atom. The van der Waals surface area contributed by atoms with Gasteiger partial charge in [-0.15, -0.1) is 0 Å². The van der Waals surface area contributed by atoms with E-state index in [4.69, 9.17) is 11.6 Å². The van der Waals surface area contributed by atoms with E-state index in [1.165, 1.54) is 6.07 Å². The van der Waals surface area contributed by atoms with Crippen LogP contribution in [0.5, 0.6) is 0 Å². The molecule has 0 spiro atoms. The normalized spacial score (nSPS) is 12.0. The van der Waals surface area contributed by atoms with Crippen molar-refractivity contribution in [1.82, 2.24) is 0 Å². The molecule has 0 aromatic heterocycles. The summed E-state index contributed by atoms with van der Waals surface area (Å²) in [6.07, 6.45) is 0.574. The third-order valence-corrected chi connectivity index (χ3v) is 7.51. The van der Waals surface area contributed by atoms with Crippen molar-refractivity contribution in [3.05, 3.63) is 70.7 Å². The van der Waals surface area contributed by atoms with Crippen LogP contribution in [0.1, 0.15) is 37.3 Å². The number of hydrogen-bond donors (Lipinski definition) is 1. The monoisotopic (exact) mass is 503 g/mol. The maximum absolute atomic E-state index is 12.4. The van der Waals surface area contributed by atoms with Gasteiger partial charge in [0.1, 0.15) is 10.1 Å². The summed E-state index contributed by atoms with van der Waals surface area (Å²) in [5.41, 5.74) is 3.06. The zero-order chi connectivity index (χ0) is 22.8. The molecular formula is C22H23ClNNaO5S2. The number of rotatable bonds is 8. The summed E-state index contributed by atoms with van der Waals surface area (Å²) in [6, 6.07) is 14.8. The summed E-state index contributed by atoms with van der Waals surface area (Å²) in [5, 5.41) is 0.504. The molecule has 1 aromatic carbocycles. The molecule has 0 unspecified atom stereocenters. The van der Waals surface area contributed by atoms with E-state index in [1.807, 2.05) is 26.0 Å². The Hall–Kier alpha value is -1.13. The summed E-state index contributed by atoms with van der Waals surface area (Å²) in [5.74, 6) is 0.0779. The van der Waals surface area contributed by atoms with Gasteiger partial charge in [0, 0.05) is 10.7 Å². The Labute approximate surface area is 216 Å². The maximum atomic E-state index is 12.4. The van der Waals surface area contributed by atoms with Gasteiger partial charge in [-0.1, -0.05) is 49.7 Å². The first-order valence-corrected chi connectivity index (χ1v) is 13.2. The van der Waals surface area contributed by atoms with E-state index in [0.29, 0.717) is 33.8 Å². The van der Waals surface area contributed by atoms with Crippen LogP contribution in [0.4, 0.5) is 5.69 Å². The molecule has 0 radical (unpaired) electrons. The van der Waals surface area contributed by atoms with Crippen LogP contribution in [0.15, 0.2) is 59.5 Å². The van der Waals surface area contributed by atoms with Crippen molar-refractivity contribution >= 4 is 37.4 Å². The number of fused-ring (bicyclic) bond motifs is 1. The third-order valence-electron chi connectivity index (χ3n) is 5.00. The van der Waals surface area contributed by atoms with Gasteiger partial charge >= 0.3 is 29.6 Å². The van der Waals surface area contributed by atoms with Gasteiger partial charge in [0.25, 0.3) is 0 Å².